The maximum absolute atomic E-state index is 12.8. The van der Waals surface area contributed by atoms with Gasteiger partial charge < -0.3 is 5.32 Å². The summed E-state index contributed by atoms with van der Waals surface area (Å²) in [5.74, 6) is 0. The third-order valence-electron chi connectivity index (χ3n) is 6.51. The molecule has 4 heteroatoms. The van der Waals surface area contributed by atoms with Crippen molar-refractivity contribution in [2.45, 2.75) is 124 Å². The molecule has 0 aliphatic carbocycles. The minimum atomic E-state index is -0.0224. The SMILES string of the molecule is CCCCCCCCCCCCCCCCCCNC(=O)N(c1ccccc1)N(CC)CC. The number of amides is 2. The van der Waals surface area contributed by atoms with Crippen LogP contribution in [0.4, 0.5) is 10.5 Å². The van der Waals surface area contributed by atoms with E-state index in [-0.39, 0.29) is 6.03 Å². The molecule has 2 amide bonds. The Kier molecular flexibility index (Phi) is 18.8. The summed E-state index contributed by atoms with van der Waals surface area (Å²) in [7, 11) is 0. The van der Waals surface area contributed by atoms with Crippen LogP contribution >= 0.6 is 0 Å². The lowest BCUT2D eigenvalue weighted by Gasteiger charge is -2.33. The fourth-order valence-corrected chi connectivity index (χ4v) is 4.43. The molecule has 4 nitrogen and oxygen atoms in total. The van der Waals surface area contributed by atoms with E-state index in [0.29, 0.717) is 0 Å². The largest absolute Gasteiger partial charge is 0.337 e. The Hall–Kier alpha value is -1.55. The number of benzene rings is 1. The predicted octanol–water partition coefficient (Wildman–Crippen LogP) is 8.72. The summed E-state index contributed by atoms with van der Waals surface area (Å²) in [6.07, 6.45) is 21.9. The number of para-hydroxylation sites is 1. The highest BCUT2D eigenvalue weighted by Crippen LogP contribution is 2.17. The van der Waals surface area contributed by atoms with Crippen molar-refractivity contribution >= 4 is 11.7 Å². The fraction of sp³-hybridized carbons (Fsp3) is 0.759. The van der Waals surface area contributed by atoms with Crippen molar-refractivity contribution in [3.63, 3.8) is 0 Å². The van der Waals surface area contributed by atoms with E-state index in [1.54, 1.807) is 5.01 Å². The molecule has 0 aliphatic heterocycles. The second kappa shape index (κ2) is 21.0. The summed E-state index contributed by atoms with van der Waals surface area (Å²) in [5, 5.41) is 6.98. The Balaban J connectivity index is 2.01. The van der Waals surface area contributed by atoms with Crippen LogP contribution in [-0.2, 0) is 0 Å². The van der Waals surface area contributed by atoms with Crippen LogP contribution in [0, 0.1) is 0 Å². The topological polar surface area (TPSA) is 35.6 Å². The third kappa shape index (κ3) is 14.3. The molecule has 0 aliphatic rings. The smallest absolute Gasteiger partial charge is 0.336 e. The van der Waals surface area contributed by atoms with Crippen LogP contribution in [0.3, 0.4) is 0 Å². The Morgan fingerprint density at radius 2 is 1.06 bits per heavy atom. The molecule has 1 aromatic rings. The van der Waals surface area contributed by atoms with Gasteiger partial charge >= 0.3 is 6.03 Å². The van der Waals surface area contributed by atoms with Crippen LogP contribution in [-0.4, -0.2) is 30.7 Å². The number of nitrogens with zero attached hydrogens (tertiary/aromatic N) is 2. The molecular formula is C29H53N3O. The van der Waals surface area contributed by atoms with Crippen molar-refractivity contribution in [3.8, 4) is 0 Å². The number of nitrogens with one attached hydrogen (secondary N) is 1. The number of urea groups is 1. The Labute approximate surface area is 205 Å². The van der Waals surface area contributed by atoms with Gasteiger partial charge in [-0.15, -0.1) is 0 Å². The highest BCUT2D eigenvalue weighted by Gasteiger charge is 2.20. The summed E-state index contributed by atoms with van der Waals surface area (Å²) in [6.45, 7) is 8.82. The molecule has 1 aromatic carbocycles. The van der Waals surface area contributed by atoms with E-state index in [1.165, 1.54) is 96.3 Å². The molecule has 1 N–H and O–H groups in total. The van der Waals surface area contributed by atoms with Crippen LogP contribution in [0.2, 0.25) is 0 Å². The Bertz CT molecular complexity index is 559. The molecule has 0 fully saturated rings. The molecule has 33 heavy (non-hydrogen) atoms. The van der Waals surface area contributed by atoms with Gasteiger partial charge in [-0.05, 0) is 18.6 Å². The lowest BCUT2D eigenvalue weighted by molar-refractivity contribution is 0.216. The number of unbranched alkanes of at least 4 members (excludes halogenated alkanes) is 15. The molecule has 0 saturated heterocycles. The van der Waals surface area contributed by atoms with Crippen LogP contribution in [0.5, 0.6) is 0 Å². The number of hydrogen-bond acceptors (Lipinski definition) is 2. The van der Waals surface area contributed by atoms with Gasteiger partial charge in [-0.3, -0.25) is 0 Å². The van der Waals surface area contributed by atoms with Gasteiger partial charge in [0.1, 0.15) is 0 Å². The second-order valence-electron chi connectivity index (χ2n) is 9.32. The van der Waals surface area contributed by atoms with Gasteiger partial charge in [-0.2, -0.15) is 0 Å². The van der Waals surface area contributed by atoms with Crippen LogP contribution in [0.25, 0.3) is 0 Å². The van der Waals surface area contributed by atoms with Gasteiger partial charge in [-0.25, -0.2) is 14.8 Å². The standard InChI is InChI=1S/C29H53N3O/c1-4-7-8-9-10-11-12-13-14-15-16-17-18-19-20-24-27-30-29(33)32(31(5-2)6-3)28-25-22-21-23-26-28/h21-23,25-26H,4-20,24,27H2,1-3H3,(H,30,33). The number of hydrogen-bond donors (Lipinski definition) is 1. The van der Waals surface area contributed by atoms with E-state index >= 15 is 0 Å². The zero-order chi connectivity index (χ0) is 24.0. The molecule has 0 saturated carbocycles. The number of anilines is 1. The molecule has 0 bridgehead atoms. The Morgan fingerprint density at radius 1 is 0.636 bits per heavy atom. The molecule has 0 unspecified atom stereocenters. The minimum absolute atomic E-state index is 0.0224. The van der Waals surface area contributed by atoms with E-state index in [0.717, 1.165) is 31.7 Å². The maximum Gasteiger partial charge on any atom is 0.336 e. The molecule has 0 aromatic heterocycles. The van der Waals surface area contributed by atoms with Gasteiger partial charge in [0, 0.05) is 19.6 Å². The Morgan fingerprint density at radius 3 is 1.48 bits per heavy atom. The van der Waals surface area contributed by atoms with E-state index in [4.69, 9.17) is 0 Å². The fourth-order valence-electron chi connectivity index (χ4n) is 4.43. The average molecular weight is 460 g/mol. The van der Waals surface area contributed by atoms with Crippen LogP contribution < -0.4 is 10.3 Å². The van der Waals surface area contributed by atoms with Crippen molar-refractivity contribution in [2.24, 2.45) is 0 Å². The lowest BCUT2D eigenvalue weighted by atomic mass is 10.0. The number of carbonyl (C=O) groups excluding carboxylic acids is 1. The van der Waals surface area contributed by atoms with E-state index in [1.807, 2.05) is 30.3 Å². The van der Waals surface area contributed by atoms with E-state index < -0.39 is 0 Å². The first-order chi connectivity index (χ1) is 16.2. The monoisotopic (exact) mass is 459 g/mol. The minimum Gasteiger partial charge on any atom is -0.337 e. The first-order valence-corrected chi connectivity index (χ1v) is 14.1. The first-order valence-electron chi connectivity index (χ1n) is 14.1. The number of carbonyl (C=O) groups is 1. The molecular weight excluding hydrogens is 406 g/mol. The quantitative estimate of drug-likeness (QED) is 0.147. The van der Waals surface area contributed by atoms with Crippen molar-refractivity contribution in [1.82, 2.24) is 10.3 Å². The summed E-state index contributed by atoms with van der Waals surface area (Å²) >= 11 is 0. The van der Waals surface area contributed by atoms with Gasteiger partial charge in [0.25, 0.3) is 0 Å². The van der Waals surface area contributed by atoms with Crippen molar-refractivity contribution in [3.05, 3.63) is 30.3 Å². The van der Waals surface area contributed by atoms with Gasteiger partial charge in [0.2, 0.25) is 0 Å². The molecule has 1 rings (SSSR count). The van der Waals surface area contributed by atoms with Gasteiger partial charge in [0.05, 0.1) is 5.69 Å². The zero-order valence-electron chi connectivity index (χ0n) is 22.1. The number of hydrazine groups is 1. The van der Waals surface area contributed by atoms with Crippen LogP contribution in [0.15, 0.2) is 30.3 Å². The highest BCUT2D eigenvalue weighted by atomic mass is 16.2. The summed E-state index contributed by atoms with van der Waals surface area (Å²) < 4.78 is 0. The molecule has 0 spiro atoms. The summed E-state index contributed by atoms with van der Waals surface area (Å²) in [4.78, 5) is 12.8. The first kappa shape index (κ1) is 29.5. The van der Waals surface area contributed by atoms with Gasteiger partial charge in [-0.1, -0.05) is 135 Å². The normalized spacial score (nSPS) is 11.2. The summed E-state index contributed by atoms with van der Waals surface area (Å²) in [6, 6.07) is 9.91. The molecule has 190 valence electrons. The highest BCUT2D eigenvalue weighted by molar-refractivity contribution is 5.90. The van der Waals surface area contributed by atoms with Gasteiger partial charge in [0.15, 0.2) is 0 Å². The zero-order valence-corrected chi connectivity index (χ0v) is 22.1. The molecule has 0 heterocycles. The second-order valence-corrected chi connectivity index (χ2v) is 9.32. The predicted molar refractivity (Wildman–Crippen MR) is 145 cm³/mol. The molecule has 0 radical (unpaired) electrons. The molecule has 0 atom stereocenters. The van der Waals surface area contributed by atoms with E-state index in [2.05, 4.69) is 31.1 Å². The summed E-state index contributed by atoms with van der Waals surface area (Å²) in [5.41, 5.74) is 0.922. The van der Waals surface area contributed by atoms with Crippen LogP contribution in [0.1, 0.15) is 124 Å². The average Bonchev–Trinajstić information content (AvgIpc) is 2.84. The van der Waals surface area contributed by atoms with Crippen molar-refractivity contribution < 1.29 is 4.79 Å². The van der Waals surface area contributed by atoms with Crippen molar-refractivity contribution in [1.29, 1.82) is 0 Å². The third-order valence-corrected chi connectivity index (χ3v) is 6.51. The van der Waals surface area contributed by atoms with E-state index in [9.17, 15) is 4.79 Å². The lowest BCUT2D eigenvalue weighted by Crippen LogP contribution is -2.51. The number of rotatable bonds is 21. The maximum atomic E-state index is 12.8. The van der Waals surface area contributed by atoms with Crippen molar-refractivity contribution in [2.75, 3.05) is 24.6 Å².